The molecule has 1 heterocycles. The topological polar surface area (TPSA) is 87.7 Å². The predicted octanol–water partition coefficient (Wildman–Crippen LogP) is 1.70. The van der Waals surface area contributed by atoms with Crippen LogP contribution in [-0.4, -0.2) is 48.5 Å². The Balaban J connectivity index is 1.61. The van der Waals surface area contributed by atoms with Gasteiger partial charge in [-0.2, -0.15) is 0 Å². The lowest BCUT2D eigenvalue weighted by atomic mass is 9.76. The first kappa shape index (κ1) is 19.4. The fourth-order valence-electron chi connectivity index (χ4n) is 3.77. The Morgan fingerprint density at radius 1 is 1.33 bits per heavy atom. The number of hydrogen-bond acceptors (Lipinski definition) is 4. The number of aryl methyl sites for hydroxylation is 1. The molecule has 0 bridgehead atoms. The van der Waals surface area contributed by atoms with Crippen LogP contribution in [0, 0.1) is 0 Å². The van der Waals surface area contributed by atoms with Crippen molar-refractivity contribution in [2.24, 2.45) is 0 Å². The van der Waals surface area contributed by atoms with E-state index < -0.39 is 11.6 Å². The number of carbonyl (C=O) groups excluding carboxylic acids is 3. The third-order valence-corrected chi connectivity index (χ3v) is 5.05. The molecular weight excluding hydrogens is 346 g/mol. The number of ether oxygens (including phenoxy) is 1. The second-order valence-corrected chi connectivity index (χ2v) is 7.36. The van der Waals surface area contributed by atoms with Crippen LogP contribution in [0.1, 0.15) is 44.2 Å². The van der Waals surface area contributed by atoms with Crippen molar-refractivity contribution >= 4 is 17.8 Å². The maximum Gasteiger partial charge on any atom is 0.325 e. The zero-order chi connectivity index (χ0) is 19.4. The van der Waals surface area contributed by atoms with Crippen LogP contribution in [0.5, 0.6) is 0 Å². The zero-order valence-corrected chi connectivity index (χ0v) is 15.9. The molecule has 4 amide bonds. The van der Waals surface area contributed by atoms with Gasteiger partial charge in [-0.15, -0.1) is 0 Å². The molecule has 7 nitrogen and oxygen atoms in total. The molecule has 146 valence electrons. The average Bonchev–Trinajstić information content (AvgIpc) is 2.86. The van der Waals surface area contributed by atoms with Gasteiger partial charge in [-0.1, -0.05) is 24.3 Å². The van der Waals surface area contributed by atoms with Crippen molar-refractivity contribution in [2.45, 2.75) is 51.2 Å². The lowest BCUT2D eigenvalue weighted by Gasteiger charge is -2.33. The van der Waals surface area contributed by atoms with Gasteiger partial charge in [-0.3, -0.25) is 14.5 Å². The standard InChI is InChI=1S/C20H27N3O4/c1-14(2)27-12-6-11-21-17(24)13-23-18(25)20(22-19(23)26)10-5-8-15-7-3-4-9-16(15)20/h3-4,7,9,14H,5-6,8,10-13H2,1-2H3,(H,21,24)(H,22,26)/t20-/m1/s1. The molecule has 1 aromatic carbocycles. The van der Waals surface area contributed by atoms with E-state index in [1.165, 1.54) is 0 Å². The highest BCUT2D eigenvalue weighted by atomic mass is 16.5. The fourth-order valence-corrected chi connectivity index (χ4v) is 3.77. The van der Waals surface area contributed by atoms with Crippen LogP contribution in [0.25, 0.3) is 0 Å². The molecular formula is C20H27N3O4. The number of amides is 4. The average molecular weight is 373 g/mol. The number of nitrogens with zero attached hydrogens (tertiary/aromatic N) is 1. The Kier molecular flexibility index (Phi) is 5.79. The summed E-state index contributed by atoms with van der Waals surface area (Å²) in [6.07, 6.45) is 3.10. The van der Waals surface area contributed by atoms with Crippen molar-refractivity contribution in [3.63, 3.8) is 0 Å². The molecule has 0 saturated carbocycles. The Morgan fingerprint density at radius 2 is 2.11 bits per heavy atom. The minimum atomic E-state index is -1.03. The minimum absolute atomic E-state index is 0.154. The molecule has 1 saturated heterocycles. The summed E-state index contributed by atoms with van der Waals surface area (Å²) < 4.78 is 5.42. The van der Waals surface area contributed by atoms with Gasteiger partial charge in [0.05, 0.1) is 6.10 Å². The number of imide groups is 1. The highest BCUT2D eigenvalue weighted by Crippen LogP contribution is 2.39. The van der Waals surface area contributed by atoms with Crippen LogP contribution in [0.2, 0.25) is 0 Å². The summed E-state index contributed by atoms with van der Waals surface area (Å²) in [6.45, 7) is 4.65. The number of nitrogens with one attached hydrogen (secondary N) is 2. The quantitative estimate of drug-likeness (QED) is 0.563. The van der Waals surface area contributed by atoms with Gasteiger partial charge in [0, 0.05) is 13.2 Å². The van der Waals surface area contributed by atoms with Gasteiger partial charge in [-0.25, -0.2) is 4.79 Å². The first-order valence-electron chi connectivity index (χ1n) is 9.55. The third-order valence-electron chi connectivity index (χ3n) is 5.05. The first-order chi connectivity index (χ1) is 12.9. The van der Waals surface area contributed by atoms with Crippen molar-refractivity contribution in [3.8, 4) is 0 Å². The first-order valence-corrected chi connectivity index (χ1v) is 9.55. The van der Waals surface area contributed by atoms with Gasteiger partial charge in [0.15, 0.2) is 0 Å². The lowest BCUT2D eigenvalue weighted by Crippen LogP contribution is -2.47. The molecule has 0 radical (unpaired) electrons. The molecule has 1 aliphatic heterocycles. The van der Waals surface area contributed by atoms with Crippen LogP contribution in [0.3, 0.4) is 0 Å². The third kappa shape index (κ3) is 3.98. The SMILES string of the molecule is CC(C)OCCCNC(=O)CN1C(=O)N[C@@]2(CCCc3ccccc32)C1=O. The molecule has 7 heteroatoms. The van der Waals surface area contributed by atoms with E-state index in [0.29, 0.717) is 26.0 Å². The van der Waals surface area contributed by atoms with Gasteiger partial charge in [-0.05, 0) is 50.7 Å². The van der Waals surface area contributed by atoms with Crippen LogP contribution < -0.4 is 10.6 Å². The predicted molar refractivity (Wildman–Crippen MR) is 100 cm³/mol. The lowest BCUT2D eigenvalue weighted by molar-refractivity contribution is -0.135. The molecule has 1 atom stereocenters. The van der Waals surface area contributed by atoms with E-state index in [1.807, 2.05) is 38.1 Å². The number of hydrogen-bond donors (Lipinski definition) is 2. The number of carbonyl (C=O) groups is 3. The summed E-state index contributed by atoms with van der Waals surface area (Å²) in [5.41, 5.74) is 0.898. The van der Waals surface area contributed by atoms with Crippen molar-refractivity contribution in [1.82, 2.24) is 15.5 Å². The number of rotatable bonds is 7. The van der Waals surface area contributed by atoms with Crippen molar-refractivity contribution in [1.29, 1.82) is 0 Å². The smallest absolute Gasteiger partial charge is 0.325 e. The van der Waals surface area contributed by atoms with Gasteiger partial charge in [0.25, 0.3) is 5.91 Å². The number of benzene rings is 1. The zero-order valence-electron chi connectivity index (χ0n) is 15.9. The maximum absolute atomic E-state index is 13.1. The van der Waals surface area contributed by atoms with Crippen LogP contribution in [0.4, 0.5) is 4.79 Å². The molecule has 2 aliphatic rings. The Morgan fingerprint density at radius 3 is 2.89 bits per heavy atom. The summed E-state index contributed by atoms with van der Waals surface area (Å²) in [7, 11) is 0. The van der Waals surface area contributed by atoms with E-state index in [1.54, 1.807) is 0 Å². The Bertz CT molecular complexity index is 734. The van der Waals surface area contributed by atoms with E-state index in [-0.39, 0.29) is 24.5 Å². The molecule has 1 aliphatic carbocycles. The van der Waals surface area contributed by atoms with Crippen molar-refractivity contribution in [2.75, 3.05) is 19.7 Å². The summed E-state index contributed by atoms with van der Waals surface area (Å²) in [4.78, 5) is 38.7. The van der Waals surface area contributed by atoms with Gasteiger partial charge < -0.3 is 15.4 Å². The second-order valence-electron chi connectivity index (χ2n) is 7.36. The number of urea groups is 1. The minimum Gasteiger partial charge on any atom is -0.379 e. The molecule has 2 N–H and O–H groups in total. The van der Waals surface area contributed by atoms with E-state index >= 15 is 0 Å². The highest BCUT2D eigenvalue weighted by Gasteiger charge is 2.54. The normalized spacial score (nSPS) is 21.5. The summed E-state index contributed by atoms with van der Waals surface area (Å²) in [5.74, 6) is -0.679. The van der Waals surface area contributed by atoms with Crippen molar-refractivity contribution in [3.05, 3.63) is 35.4 Å². The largest absolute Gasteiger partial charge is 0.379 e. The van der Waals surface area contributed by atoms with Crippen LogP contribution in [-0.2, 0) is 26.3 Å². The second kappa shape index (κ2) is 8.08. The molecule has 1 spiro atoms. The Hall–Kier alpha value is -2.41. The molecule has 27 heavy (non-hydrogen) atoms. The molecule has 3 rings (SSSR count). The van der Waals surface area contributed by atoms with E-state index in [4.69, 9.17) is 4.74 Å². The monoisotopic (exact) mass is 373 g/mol. The summed E-state index contributed by atoms with van der Waals surface area (Å²) in [5, 5.41) is 5.60. The molecule has 0 unspecified atom stereocenters. The summed E-state index contributed by atoms with van der Waals surface area (Å²) in [6, 6.07) is 7.19. The molecule has 1 fully saturated rings. The number of fused-ring (bicyclic) bond motifs is 2. The Labute approximate surface area is 159 Å². The van der Waals surface area contributed by atoms with Crippen LogP contribution in [0.15, 0.2) is 24.3 Å². The van der Waals surface area contributed by atoms with E-state index in [9.17, 15) is 14.4 Å². The maximum atomic E-state index is 13.1. The highest BCUT2D eigenvalue weighted by molar-refractivity contribution is 6.09. The van der Waals surface area contributed by atoms with Gasteiger partial charge in [0.2, 0.25) is 5.91 Å². The van der Waals surface area contributed by atoms with Gasteiger partial charge in [0.1, 0.15) is 12.1 Å². The van der Waals surface area contributed by atoms with Crippen molar-refractivity contribution < 1.29 is 19.1 Å². The van der Waals surface area contributed by atoms with E-state index in [2.05, 4.69) is 10.6 Å². The summed E-state index contributed by atoms with van der Waals surface area (Å²) >= 11 is 0. The van der Waals surface area contributed by atoms with Crippen LogP contribution >= 0.6 is 0 Å². The molecule has 0 aromatic heterocycles. The van der Waals surface area contributed by atoms with E-state index in [0.717, 1.165) is 28.9 Å². The molecule has 1 aromatic rings. The fraction of sp³-hybridized carbons (Fsp3) is 0.550. The van der Waals surface area contributed by atoms with Gasteiger partial charge >= 0.3 is 6.03 Å².